The Morgan fingerprint density at radius 3 is 2.69 bits per heavy atom. The Morgan fingerprint density at radius 1 is 1.25 bits per heavy atom. The summed E-state index contributed by atoms with van der Waals surface area (Å²) < 4.78 is 14.9. The molecule has 0 bridgehead atoms. The van der Waals surface area contributed by atoms with Crippen molar-refractivity contribution >= 4 is 23.2 Å². The summed E-state index contributed by atoms with van der Waals surface area (Å²) in [7, 11) is 0. The van der Waals surface area contributed by atoms with E-state index in [1.165, 1.54) is 18.3 Å². The zero-order valence-corrected chi connectivity index (χ0v) is 18.9. The molecule has 1 fully saturated rings. The molecular weight excluding hydrogens is 431 g/mol. The summed E-state index contributed by atoms with van der Waals surface area (Å²) in [6, 6.07) is 6.57. The van der Waals surface area contributed by atoms with Gasteiger partial charge in [0.25, 0.3) is 0 Å². The fraction of sp³-hybridized carbons (Fsp3) is 0.391. The molecule has 166 valence electrons. The van der Waals surface area contributed by atoms with Gasteiger partial charge in [0.1, 0.15) is 17.4 Å². The number of amides is 1. The minimum absolute atomic E-state index is 0.113. The summed E-state index contributed by atoms with van der Waals surface area (Å²) in [5, 5.41) is 13.9. The fourth-order valence-electron chi connectivity index (χ4n) is 4.19. The van der Waals surface area contributed by atoms with Crippen molar-refractivity contribution in [2.45, 2.75) is 33.2 Å². The smallest absolute Gasteiger partial charge is 0.222 e. The Bertz CT molecular complexity index is 1210. The second kappa shape index (κ2) is 9.23. The highest BCUT2D eigenvalue weighted by Gasteiger charge is 2.22. The molecule has 1 aromatic carbocycles. The average Bonchev–Trinajstić information content (AvgIpc) is 3.19. The van der Waals surface area contributed by atoms with E-state index in [9.17, 15) is 14.4 Å². The quantitative estimate of drug-likeness (QED) is 0.591. The first-order valence-corrected chi connectivity index (χ1v) is 10.9. The largest absolute Gasteiger partial charge is 0.340 e. The minimum Gasteiger partial charge on any atom is -0.340 e. The standard InChI is InChI=1S/C23H24ClFN6O/c1-15-20(16(2)31-23(28-15)18(12-26)13-27-31)5-6-22(32)30-9-7-29(8-10-30)14-17-3-4-19(25)11-21(17)24/h3-4,11,13H,5-10,14H2,1-2H3. The Labute approximate surface area is 191 Å². The highest BCUT2D eigenvalue weighted by atomic mass is 35.5. The van der Waals surface area contributed by atoms with Crippen molar-refractivity contribution in [1.29, 1.82) is 5.26 Å². The number of nitriles is 1. The normalized spacial score (nSPS) is 14.7. The molecule has 0 spiro atoms. The number of carbonyl (C=O) groups excluding carboxylic acids is 1. The number of hydrogen-bond acceptors (Lipinski definition) is 5. The highest BCUT2D eigenvalue weighted by molar-refractivity contribution is 6.31. The maximum absolute atomic E-state index is 13.2. The molecule has 7 nitrogen and oxygen atoms in total. The molecule has 3 aromatic rings. The molecule has 9 heteroatoms. The van der Waals surface area contributed by atoms with Crippen LogP contribution in [0, 0.1) is 31.0 Å². The van der Waals surface area contributed by atoms with Crippen LogP contribution in [0.15, 0.2) is 24.4 Å². The first kappa shape index (κ1) is 22.2. The van der Waals surface area contributed by atoms with Gasteiger partial charge in [-0.2, -0.15) is 10.4 Å². The van der Waals surface area contributed by atoms with E-state index in [4.69, 9.17) is 11.6 Å². The third-order valence-electron chi connectivity index (χ3n) is 6.05. The van der Waals surface area contributed by atoms with E-state index in [-0.39, 0.29) is 11.7 Å². The number of aryl methyl sites for hydroxylation is 2. The van der Waals surface area contributed by atoms with Crippen molar-refractivity contribution in [3.8, 4) is 6.07 Å². The van der Waals surface area contributed by atoms with Gasteiger partial charge in [-0.25, -0.2) is 13.9 Å². The lowest BCUT2D eigenvalue weighted by molar-refractivity contribution is -0.133. The molecular formula is C23H24ClFN6O. The van der Waals surface area contributed by atoms with Crippen LogP contribution in [0.25, 0.3) is 5.65 Å². The van der Waals surface area contributed by atoms with Gasteiger partial charge in [0, 0.05) is 55.6 Å². The second-order valence-corrected chi connectivity index (χ2v) is 8.47. The van der Waals surface area contributed by atoms with Crippen LogP contribution in [0.2, 0.25) is 5.02 Å². The molecule has 1 aliphatic rings. The molecule has 4 rings (SSSR count). The van der Waals surface area contributed by atoms with Gasteiger partial charge in [-0.15, -0.1) is 0 Å². The monoisotopic (exact) mass is 454 g/mol. The van der Waals surface area contributed by atoms with Crippen molar-refractivity contribution in [2.24, 2.45) is 0 Å². The number of nitrogens with zero attached hydrogens (tertiary/aromatic N) is 6. The Morgan fingerprint density at radius 2 is 2.00 bits per heavy atom. The molecule has 0 N–H and O–H groups in total. The molecule has 32 heavy (non-hydrogen) atoms. The molecule has 3 heterocycles. The van der Waals surface area contributed by atoms with Crippen molar-refractivity contribution in [1.82, 2.24) is 24.4 Å². The molecule has 1 aliphatic heterocycles. The van der Waals surface area contributed by atoms with Crippen LogP contribution in [0.3, 0.4) is 0 Å². The second-order valence-electron chi connectivity index (χ2n) is 8.06. The van der Waals surface area contributed by atoms with Gasteiger partial charge in [0.2, 0.25) is 5.91 Å². The van der Waals surface area contributed by atoms with Gasteiger partial charge < -0.3 is 4.90 Å². The van der Waals surface area contributed by atoms with Crippen molar-refractivity contribution < 1.29 is 9.18 Å². The summed E-state index contributed by atoms with van der Waals surface area (Å²) in [5.41, 5.74) is 4.60. The number of carbonyl (C=O) groups is 1. The maximum Gasteiger partial charge on any atom is 0.222 e. The number of benzene rings is 1. The Hall–Kier alpha value is -3.02. The van der Waals surface area contributed by atoms with E-state index in [0.717, 1.165) is 35.6 Å². The molecule has 0 unspecified atom stereocenters. The van der Waals surface area contributed by atoms with E-state index in [1.54, 1.807) is 10.6 Å². The molecule has 2 aromatic heterocycles. The van der Waals surface area contributed by atoms with Crippen molar-refractivity contribution in [3.05, 3.63) is 63.3 Å². The first-order chi connectivity index (χ1) is 15.4. The van der Waals surface area contributed by atoms with Gasteiger partial charge in [0.05, 0.1) is 6.20 Å². The van der Waals surface area contributed by atoms with E-state index >= 15 is 0 Å². The van der Waals surface area contributed by atoms with E-state index < -0.39 is 0 Å². The van der Waals surface area contributed by atoms with E-state index in [2.05, 4.69) is 21.1 Å². The van der Waals surface area contributed by atoms with Crippen molar-refractivity contribution in [3.63, 3.8) is 0 Å². The SMILES string of the molecule is Cc1nc2c(C#N)cnn2c(C)c1CCC(=O)N1CCN(Cc2ccc(F)cc2Cl)CC1. The van der Waals surface area contributed by atoms with Crippen LogP contribution < -0.4 is 0 Å². The fourth-order valence-corrected chi connectivity index (χ4v) is 4.41. The summed E-state index contributed by atoms with van der Waals surface area (Å²) >= 11 is 6.14. The predicted octanol–water partition coefficient (Wildman–Crippen LogP) is 3.29. The van der Waals surface area contributed by atoms with E-state index in [1.807, 2.05) is 18.7 Å². The minimum atomic E-state index is -0.341. The molecule has 0 saturated carbocycles. The number of piperazine rings is 1. The predicted molar refractivity (Wildman–Crippen MR) is 119 cm³/mol. The Kier molecular flexibility index (Phi) is 6.40. The van der Waals surface area contributed by atoms with Crippen LogP contribution in [0.4, 0.5) is 4.39 Å². The highest BCUT2D eigenvalue weighted by Crippen LogP contribution is 2.21. The van der Waals surface area contributed by atoms with E-state index in [0.29, 0.717) is 48.7 Å². The maximum atomic E-state index is 13.2. The number of hydrogen-bond donors (Lipinski definition) is 0. The lowest BCUT2D eigenvalue weighted by Gasteiger charge is -2.35. The zero-order chi connectivity index (χ0) is 22.8. The summed E-state index contributed by atoms with van der Waals surface area (Å²) in [6.45, 7) is 7.27. The first-order valence-electron chi connectivity index (χ1n) is 10.6. The third kappa shape index (κ3) is 4.45. The average molecular weight is 455 g/mol. The summed E-state index contributed by atoms with van der Waals surface area (Å²) in [5.74, 6) is -0.228. The molecule has 0 radical (unpaired) electrons. The zero-order valence-electron chi connectivity index (χ0n) is 18.1. The van der Waals surface area contributed by atoms with Gasteiger partial charge in [-0.05, 0) is 43.5 Å². The van der Waals surface area contributed by atoms with Crippen LogP contribution in [-0.4, -0.2) is 56.5 Å². The topological polar surface area (TPSA) is 77.5 Å². The molecule has 0 atom stereocenters. The van der Waals surface area contributed by atoms with Crippen molar-refractivity contribution in [2.75, 3.05) is 26.2 Å². The number of fused-ring (bicyclic) bond motifs is 1. The van der Waals surface area contributed by atoms with Gasteiger partial charge in [0.15, 0.2) is 5.65 Å². The molecule has 1 amide bonds. The van der Waals surface area contributed by atoms with Gasteiger partial charge in [-0.1, -0.05) is 17.7 Å². The van der Waals surface area contributed by atoms with Crippen LogP contribution in [-0.2, 0) is 17.8 Å². The summed E-state index contributed by atoms with van der Waals surface area (Å²) in [6.07, 6.45) is 2.49. The van der Waals surface area contributed by atoms with Gasteiger partial charge in [-0.3, -0.25) is 9.69 Å². The number of rotatable bonds is 5. The van der Waals surface area contributed by atoms with Crippen LogP contribution in [0.1, 0.15) is 34.5 Å². The Balaban J connectivity index is 1.34. The number of aromatic nitrogens is 3. The molecule has 1 saturated heterocycles. The lowest BCUT2D eigenvalue weighted by atomic mass is 10.1. The number of halogens is 2. The van der Waals surface area contributed by atoms with Gasteiger partial charge >= 0.3 is 0 Å². The van der Waals surface area contributed by atoms with Crippen LogP contribution in [0.5, 0.6) is 0 Å². The lowest BCUT2D eigenvalue weighted by Crippen LogP contribution is -2.48. The molecule has 0 aliphatic carbocycles. The van der Waals surface area contributed by atoms with Crippen LogP contribution >= 0.6 is 11.6 Å². The summed E-state index contributed by atoms with van der Waals surface area (Å²) in [4.78, 5) is 21.5. The third-order valence-corrected chi connectivity index (χ3v) is 6.40.